The normalized spacial score (nSPS) is 12.3. The molecule has 0 atom stereocenters. The van der Waals surface area contributed by atoms with Crippen LogP contribution in [-0.4, -0.2) is 54.1 Å². The second-order valence-electron chi connectivity index (χ2n) is 7.55. The number of amides is 3. The molecule has 3 aromatic rings. The number of esters is 1. The van der Waals surface area contributed by atoms with Gasteiger partial charge in [0, 0.05) is 5.56 Å². The summed E-state index contributed by atoms with van der Waals surface area (Å²) in [5.74, 6) is -3.03. The molecule has 1 N–H and O–H groups in total. The van der Waals surface area contributed by atoms with Crippen LogP contribution in [0.5, 0.6) is 0 Å². The van der Waals surface area contributed by atoms with Crippen molar-refractivity contribution >= 4 is 29.5 Å². The van der Waals surface area contributed by atoms with Crippen molar-refractivity contribution in [3.63, 3.8) is 0 Å². The van der Waals surface area contributed by atoms with E-state index in [0.717, 1.165) is 16.0 Å². The molecule has 0 saturated heterocycles. The first-order valence-electron chi connectivity index (χ1n) is 10.5. The van der Waals surface area contributed by atoms with Crippen LogP contribution in [0, 0.1) is 0 Å². The Morgan fingerprint density at radius 3 is 1.91 bits per heavy atom. The summed E-state index contributed by atoms with van der Waals surface area (Å²) >= 11 is 0. The largest absolute Gasteiger partial charge is 0.456 e. The number of hydrogen-bond acceptors (Lipinski definition) is 6. The lowest BCUT2D eigenvalue weighted by Gasteiger charge is -2.13. The van der Waals surface area contributed by atoms with E-state index in [-0.39, 0.29) is 16.9 Å². The van der Waals surface area contributed by atoms with Crippen molar-refractivity contribution in [3.8, 4) is 11.1 Å². The zero-order chi connectivity index (χ0) is 24.1. The molecule has 0 spiro atoms. The number of rotatable bonds is 8. The fourth-order valence-electron chi connectivity index (χ4n) is 3.51. The van der Waals surface area contributed by atoms with Crippen LogP contribution >= 0.6 is 0 Å². The van der Waals surface area contributed by atoms with Gasteiger partial charge in [0.25, 0.3) is 11.8 Å². The number of ether oxygens (including phenoxy) is 1. The summed E-state index contributed by atoms with van der Waals surface area (Å²) in [6.45, 7) is -1.49. The SMILES string of the molecule is O=C(CN1C(=O)c2ccccc2C1=O)NCC(=O)OCC(=O)c1ccc(-c2ccccc2)cc1. The maximum atomic E-state index is 12.3. The van der Waals surface area contributed by atoms with E-state index in [0.29, 0.717) is 5.56 Å². The molecule has 0 fully saturated rings. The summed E-state index contributed by atoms with van der Waals surface area (Å²) in [5, 5.41) is 2.30. The van der Waals surface area contributed by atoms with Crippen LogP contribution in [-0.2, 0) is 14.3 Å². The number of carbonyl (C=O) groups excluding carboxylic acids is 5. The average molecular weight is 456 g/mol. The second kappa shape index (κ2) is 9.91. The Labute approximate surface area is 195 Å². The van der Waals surface area contributed by atoms with Crippen molar-refractivity contribution in [2.75, 3.05) is 19.7 Å². The first-order chi connectivity index (χ1) is 16.4. The molecule has 0 bridgehead atoms. The number of Topliss-reactive ketones (excluding diaryl/α,β-unsaturated/α-hetero) is 1. The summed E-state index contributed by atoms with van der Waals surface area (Å²) in [7, 11) is 0. The number of carbonyl (C=O) groups is 5. The molecule has 34 heavy (non-hydrogen) atoms. The van der Waals surface area contributed by atoms with Crippen LogP contribution in [0.15, 0.2) is 78.9 Å². The zero-order valence-electron chi connectivity index (χ0n) is 18.0. The van der Waals surface area contributed by atoms with E-state index in [9.17, 15) is 24.0 Å². The molecule has 1 aliphatic heterocycles. The van der Waals surface area contributed by atoms with E-state index in [4.69, 9.17) is 4.74 Å². The van der Waals surface area contributed by atoms with Gasteiger partial charge in [-0.1, -0.05) is 66.7 Å². The maximum absolute atomic E-state index is 12.3. The first-order valence-corrected chi connectivity index (χ1v) is 10.5. The van der Waals surface area contributed by atoms with Gasteiger partial charge in [-0.15, -0.1) is 0 Å². The Morgan fingerprint density at radius 2 is 1.29 bits per heavy atom. The Bertz CT molecular complexity index is 1230. The van der Waals surface area contributed by atoms with Crippen LogP contribution in [0.1, 0.15) is 31.1 Å². The van der Waals surface area contributed by atoms with Gasteiger partial charge in [-0.3, -0.25) is 28.9 Å². The van der Waals surface area contributed by atoms with E-state index in [2.05, 4.69) is 5.32 Å². The van der Waals surface area contributed by atoms with Crippen LogP contribution in [0.3, 0.4) is 0 Å². The van der Waals surface area contributed by atoms with Crippen molar-refractivity contribution in [2.24, 2.45) is 0 Å². The number of imide groups is 1. The van der Waals surface area contributed by atoms with Crippen molar-refractivity contribution < 1.29 is 28.7 Å². The van der Waals surface area contributed by atoms with Gasteiger partial charge in [0.1, 0.15) is 13.1 Å². The number of fused-ring (bicyclic) bond motifs is 1. The van der Waals surface area contributed by atoms with Gasteiger partial charge in [-0.25, -0.2) is 0 Å². The standard InChI is InChI=1S/C26H20N2O6/c29-22(19-12-10-18(11-13-19)17-6-2-1-3-7-17)16-34-24(31)14-27-23(30)15-28-25(32)20-8-4-5-9-21(20)26(28)33/h1-13H,14-16H2,(H,27,30). The van der Waals surface area contributed by atoms with Gasteiger partial charge >= 0.3 is 5.97 Å². The molecular weight excluding hydrogens is 436 g/mol. The quantitative estimate of drug-likeness (QED) is 0.317. The Hall–Kier alpha value is -4.59. The number of benzene rings is 3. The highest BCUT2D eigenvalue weighted by molar-refractivity contribution is 6.22. The lowest BCUT2D eigenvalue weighted by atomic mass is 10.0. The van der Waals surface area contributed by atoms with Crippen molar-refractivity contribution in [1.82, 2.24) is 10.2 Å². The first kappa shape index (κ1) is 22.6. The minimum atomic E-state index is -0.815. The highest BCUT2D eigenvalue weighted by Crippen LogP contribution is 2.22. The maximum Gasteiger partial charge on any atom is 0.325 e. The predicted molar refractivity (Wildman–Crippen MR) is 122 cm³/mol. The number of ketones is 1. The van der Waals surface area contributed by atoms with Crippen LogP contribution in [0.4, 0.5) is 0 Å². The van der Waals surface area contributed by atoms with Gasteiger partial charge < -0.3 is 10.1 Å². The second-order valence-corrected chi connectivity index (χ2v) is 7.55. The molecule has 0 saturated carbocycles. The molecule has 1 aliphatic rings. The summed E-state index contributed by atoms with van der Waals surface area (Å²) in [5.41, 5.74) is 2.83. The number of nitrogens with zero attached hydrogens (tertiary/aromatic N) is 1. The molecule has 0 unspecified atom stereocenters. The molecule has 0 aromatic heterocycles. The molecule has 170 valence electrons. The number of nitrogens with one attached hydrogen (secondary N) is 1. The molecule has 1 heterocycles. The summed E-state index contributed by atoms with van der Waals surface area (Å²) in [6.07, 6.45) is 0. The third kappa shape index (κ3) is 4.91. The Kier molecular flexibility index (Phi) is 6.59. The predicted octanol–water partition coefficient (Wildman–Crippen LogP) is 2.49. The molecule has 0 radical (unpaired) electrons. The van der Waals surface area contributed by atoms with Crippen molar-refractivity contribution in [1.29, 1.82) is 0 Å². The molecular formula is C26H20N2O6. The van der Waals surface area contributed by atoms with Crippen LogP contribution in [0.25, 0.3) is 11.1 Å². The summed E-state index contributed by atoms with van der Waals surface area (Å²) in [6, 6.07) is 22.9. The molecule has 8 heteroatoms. The third-order valence-electron chi connectivity index (χ3n) is 5.29. The Morgan fingerprint density at radius 1 is 0.735 bits per heavy atom. The highest BCUT2D eigenvalue weighted by Gasteiger charge is 2.36. The van der Waals surface area contributed by atoms with Crippen molar-refractivity contribution in [3.05, 3.63) is 95.6 Å². The average Bonchev–Trinajstić information content (AvgIpc) is 3.11. The van der Waals surface area contributed by atoms with Gasteiger partial charge in [0.15, 0.2) is 12.4 Å². The van der Waals surface area contributed by atoms with Gasteiger partial charge in [0.05, 0.1) is 11.1 Å². The lowest BCUT2D eigenvalue weighted by Crippen LogP contribution is -2.42. The van der Waals surface area contributed by atoms with Gasteiger partial charge in [-0.05, 0) is 23.3 Å². The smallest absolute Gasteiger partial charge is 0.325 e. The van der Waals surface area contributed by atoms with Crippen molar-refractivity contribution in [2.45, 2.75) is 0 Å². The molecule has 3 amide bonds. The summed E-state index contributed by atoms with van der Waals surface area (Å²) in [4.78, 5) is 61.7. The fourth-order valence-corrected chi connectivity index (χ4v) is 3.51. The van der Waals surface area contributed by atoms with Gasteiger partial charge in [-0.2, -0.15) is 0 Å². The minimum absolute atomic E-state index is 0.232. The van der Waals surface area contributed by atoms with E-state index >= 15 is 0 Å². The highest BCUT2D eigenvalue weighted by atomic mass is 16.5. The topological polar surface area (TPSA) is 110 Å². The van der Waals surface area contributed by atoms with E-state index in [1.54, 1.807) is 24.3 Å². The number of hydrogen-bond donors (Lipinski definition) is 1. The van der Waals surface area contributed by atoms with Crippen LogP contribution < -0.4 is 5.32 Å². The lowest BCUT2D eigenvalue weighted by molar-refractivity contribution is -0.142. The third-order valence-corrected chi connectivity index (χ3v) is 5.29. The fraction of sp³-hybridized carbons (Fsp3) is 0.115. The Balaban J connectivity index is 1.22. The van der Waals surface area contributed by atoms with Gasteiger partial charge in [0.2, 0.25) is 5.91 Å². The zero-order valence-corrected chi connectivity index (χ0v) is 18.0. The van der Waals surface area contributed by atoms with Crippen LogP contribution in [0.2, 0.25) is 0 Å². The molecule has 8 nitrogen and oxygen atoms in total. The molecule has 3 aromatic carbocycles. The van der Waals surface area contributed by atoms with E-state index in [1.807, 2.05) is 42.5 Å². The van der Waals surface area contributed by atoms with E-state index in [1.165, 1.54) is 12.1 Å². The monoisotopic (exact) mass is 456 g/mol. The minimum Gasteiger partial charge on any atom is -0.456 e. The summed E-state index contributed by atoms with van der Waals surface area (Å²) < 4.78 is 4.94. The molecule has 4 rings (SSSR count). The van der Waals surface area contributed by atoms with E-state index < -0.39 is 43.4 Å². The molecule has 0 aliphatic carbocycles.